The lowest BCUT2D eigenvalue weighted by Gasteiger charge is -2.30. The Balaban J connectivity index is 2.33. The van der Waals surface area contributed by atoms with Crippen molar-refractivity contribution in [2.75, 3.05) is 12.8 Å². The van der Waals surface area contributed by atoms with Crippen molar-refractivity contribution in [1.29, 1.82) is 0 Å². The fourth-order valence-electron chi connectivity index (χ4n) is 2.78. The van der Waals surface area contributed by atoms with Gasteiger partial charge in [-0.15, -0.1) is 0 Å². The molecule has 1 aliphatic heterocycles. The summed E-state index contributed by atoms with van der Waals surface area (Å²) in [6.45, 7) is 2.03. The van der Waals surface area contributed by atoms with Crippen LogP contribution in [-0.4, -0.2) is 26.5 Å². The maximum atomic E-state index is 12.2. The van der Waals surface area contributed by atoms with E-state index in [1.54, 1.807) is 0 Å². The first kappa shape index (κ1) is 13.6. The fraction of sp³-hybridized carbons (Fsp3) is 0.571. The van der Waals surface area contributed by atoms with E-state index in [2.05, 4.69) is 11.4 Å². The van der Waals surface area contributed by atoms with Gasteiger partial charge in [0.1, 0.15) is 0 Å². The Morgan fingerprint density at radius 2 is 2.11 bits per heavy atom. The Bertz CT molecular complexity index is 510. The third kappa shape index (κ3) is 2.75. The molecule has 0 saturated carbocycles. The molecule has 0 spiro atoms. The van der Waals surface area contributed by atoms with Gasteiger partial charge in [0.05, 0.1) is 11.0 Å². The molecule has 2 rings (SSSR count). The fourth-order valence-corrected chi connectivity index (χ4v) is 4.93. The van der Waals surface area contributed by atoms with Crippen molar-refractivity contribution in [3.8, 4) is 0 Å². The molecule has 0 radical (unpaired) electrons. The van der Waals surface area contributed by atoms with Gasteiger partial charge in [-0.1, -0.05) is 36.2 Å². The molecule has 1 aromatic rings. The summed E-state index contributed by atoms with van der Waals surface area (Å²) in [7, 11) is -1.11. The summed E-state index contributed by atoms with van der Waals surface area (Å²) < 4.78 is 24.4. The summed E-state index contributed by atoms with van der Waals surface area (Å²) in [4.78, 5) is 0. The van der Waals surface area contributed by atoms with Gasteiger partial charge in [0, 0.05) is 6.04 Å². The van der Waals surface area contributed by atoms with Crippen LogP contribution in [0.2, 0.25) is 0 Å². The number of benzene rings is 1. The quantitative estimate of drug-likeness (QED) is 0.913. The van der Waals surface area contributed by atoms with Gasteiger partial charge in [0.2, 0.25) is 0 Å². The molecule has 3 nitrogen and oxygen atoms in total. The molecule has 0 amide bonds. The summed E-state index contributed by atoms with van der Waals surface area (Å²) in [6, 6.07) is 8.02. The Kier molecular flexibility index (Phi) is 4.07. The monoisotopic (exact) mass is 267 g/mol. The zero-order valence-electron chi connectivity index (χ0n) is 11.0. The maximum absolute atomic E-state index is 12.2. The van der Waals surface area contributed by atoms with E-state index in [9.17, 15) is 8.42 Å². The molecule has 1 saturated heterocycles. The molecular formula is C14H21NO2S. The number of nitrogens with one attached hydrogen (secondary N) is 1. The zero-order valence-corrected chi connectivity index (χ0v) is 11.8. The molecule has 1 heterocycles. The van der Waals surface area contributed by atoms with Gasteiger partial charge in [0.15, 0.2) is 9.84 Å². The van der Waals surface area contributed by atoms with Crippen molar-refractivity contribution in [2.24, 2.45) is 0 Å². The van der Waals surface area contributed by atoms with Crippen molar-refractivity contribution in [1.82, 2.24) is 5.32 Å². The normalized spacial score (nSPS) is 24.7. The second kappa shape index (κ2) is 5.41. The van der Waals surface area contributed by atoms with Crippen LogP contribution in [-0.2, 0) is 9.84 Å². The average Bonchev–Trinajstić information content (AvgIpc) is 2.32. The molecule has 2 atom stereocenters. The highest BCUT2D eigenvalue weighted by Crippen LogP contribution is 2.30. The van der Waals surface area contributed by atoms with Crippen molar-refractivity contribution < 1.29 is 8.42 Å². The molecule has 18 heavy (non-hydrogen) atoms. The van der Waals surface area contributed by atoms with Crippen molar-refractivity contribution in [3.63, 3.8) is 0 Å². The van der Waals surface area contributed by atoms with Gasteiger partial charge in [-0.05, 0) is 32.4 Å². The zero-order chi connectivity index (χ0) is 13.2. The van der Waals surface area contributed by atoms with Crippen molar-refractivity contribution in [2.45, 2.75) is 37.5 Å². The van der Waals surface area contributed by atoms with Gasteiger partial charge in [-0.2, -0.15) is 0 Å². The van der Waals surface area contributed by atoms with Gasteiger partial charge >= 0.3 is 0 Å². The van der Waals surface area contributed by atoms with Gasteiger partial charge < -0.3 is 5.32 Å². The predicted octanol–water partition coefficient (Wildman–Crippen LogP) is 2.22. The average molecular weight is 267 g/mol. The Hall–Kier alpha value is -0.870. The van der Waals surface area contributed by atoms with Gasteiger partial charge in [-0.3, -0.25) is 0 Å². The van der Waals surface area contributed by atoms with Crippen molar-refractivity contribution in [3.05, 3.63) is 35.4 Å². The molecule has 0 aromatic heterocycles. The van der Waals surface area contributed by atoms with Crippen LogP contribution in [0.5, 0.6) is 0 Å². The summed E-state index contributed by atoms with van der Waals surface area (Å²) in [6.07, 6.45) is 2.58. The molecule has 4 heteroatoms. The molecule has 1 N–H and O–H groups in total. The SMILES string of the molecule is CNC(c1cccc(C)c1)C1CCCCS1(=O)=O. The van der Waals surface area contributed by atoms with Crippen LogP contribution < -0.4 is 5.32 Å². The van der Waals surface area contributed by atoms with Gasteiger partial charge in [-0.25, -0.2) is 8.42 Å². The van der Waals surface area contributed by atoms with Crippen LogP contribution in [0.25, 0.3) is 0 Å². The van der Waals surface area contributed by atoms with Crippen LogP contribution >= 0.6 is 0 Å². The Morgan fingerprint density at radius 3 is 2.72 bits per heavy atom. The summed E-state index contributed by atoms with van der Waals surface area (Å²) in [5.74, 6) is 0.335. The van der Waals surface area contributed by atoms with Crippen LogP contribution in [0.3, 0.4) is 0 Å². The number of aryl methyl sites for hydroxylation is 1. The van der Waals surface area contributed by atoms with E-state index >= 15 is 0 Å². The van der Waals surface area contributed by atoms with E-state index in [1.165, 1.54) is 5.56 Å². The molecule has 1 aliphatic rings. The third-order valence-corrected chi connectivity index (χ3v) is 6.00. The van der Waals surface area contributed by atoms with Crippen LogP contribution in [0.4, 0.5) is 0 Å². The Morgan fingerprint density at radius 1 is 1.33 bits per heavy atom. The van der Waals surface area contributed by atoms with E-state index < -0.39 is 9.84 Å². The maximum Gasteiger partial charge on any atom is 0.155 e. The summed E-state index contributed by atoms with van der Waals surface area (Å²) >= 11 is 0. The third-order valence-electron chi connectivity index (χ3n) is 3.71. The minimum atomic E-state index is -2.96. The molecule has 0 aliphatic carbocycles. The van der Waals surface area contributed by atoms with Crippen LogP contribution in [0.15, 0.2) is 24.3 Å². The molecule has 1 fully saturated rings. The van der Waals surface area contributed by atoms with Gasteiger partial charge in [0.25, 0.3) is 0 Å². The molecule has 0 bridgehead atoms. The largest absolute Gasteiger partial charge is 0.312 e. The summed E-state index contributed by atoms with van der Waals surface area (Å²) in [5.41, 5.74) is 2.24. The molecular weight excluding hydrogens is 246 g/mol. The van der Waals surface area contributed by atoms with Crippen LogP contribution in [0.1, 0.15) is 36.4 Å². The predicted molar refractivity (Wildman–Crippen MR) is 74.4 cm³/mol. The lowest BCUT2D eigenvalue weighted by atomic mass is 9.98. The van der Waals surface area contributed by atoms with Crippen LogP contribution in [0, 0.1) is 6.92 Å². The highest BCUT2D eigenvalue weighted by molar-refractivity contribution is 7.92. The van der Waals surface area contributed by atoms with E-state index in [-0.39, 0.29) is 11.3 Å². The number of hydrogen-bond acceptors (Lipinski definition) is 3. The number of hydrogen-bond donors (Lipinski definition) is 1. The number of rotatable bonds is 3. The highest BCUT2D eigenvalue weighted by atomic mass is 32.2. The standard InChI is InChI=1S/C14H21NO2S/c1-11-6-5-7-12(10-11)14(15-2)13-8-3-4-9-18(13,16)17/h5-7,10,13-15H,3-4,8-9H2,1-2H3. The van der Waals surface area contributed by atoms with E-state index in [1.807, 2.05) is 32.2 Å². The summed E-state index contributed by atoms with van der Waals surface area (Å²) in [5, 5.41) is 2.91. The Labute approximate surface area is 110 Å². The van der Waals surface area contributed by atoms with E-state index in [4.69, 9.17) is 0 Å². The van der Waals surface area contributed by atoms with E-state index in [0.29, 0.717) is 5.75 Å². The molecule has 1 aromatic carbocycles. The molecule has 2 unspecified atom stereocenters. The topological polar surface area (TPSA) is 46.2 Å². The first-order chi connectivity index (χ1) is 8.54. The number of sulfone groups is 1. The molecule has 100 valence electrons. The second-order valence-electron chi connectivity index (χ2n) is 5.08. The minimum absolute atomic E-state index is 0.0878. The highest BCUT2D eigenvalue weighted by Gasteiger charge is 2.35. The minimum Gasteiger partial charge on any atom is -0.312 e. The second-order valence-corrected chi connectivity index (χ2v) is 7.42. The lowest BCUT2D eigenvalue weighted by molar-refractivity contribution is 0.469. The first-order valence-electron chi connectivity index (χ1n) is 6.50. The first-order valence-corrected chi connectivity index (χ1v) is 8.21. The smallest absolute Gasteiger partial charge is 0.155 e. The van der Waals surface area contributed by atoms with Crippen molar-refractivity contribution >= 4 is 9.84 Å². The lowest BCUT2D eigenvalue weighted by Crippen LogP contribution is -2.39. The van der Waals surface area contributed by atoms with E-state index in [0.717, 1.165) is 24.8 Å².